The summed E-state index contributed by atoms with van der Waals surface area (Å²) in [6, 6.07) is 0. The minimum atomic E-state index is -2.25. The predicted molar refractivity (Wildman–Crippen MR) is 27.0 cm³/mol. The number of ether oxygens (including phenoxy) is 1. The summed E-state index contributed by atoms with van der Waals surface area (Å²) < 4.78 is 18.4. The van der Waals surface area contributed by atoms with Crippen molar-refractivity contribution in [1.82, 2.24) is 0 Å². The Labute approximate surface area is 47.6 Å². The van der Waals surface area contributed by atoms with Crippen LogP contribution in [0, 0.1) is 0 Å². The van der Waals surface area contributed by atoms with Crippen LogP contribution in [0.2, 0.25) is 0 Å². The molecule has 1 atom stereocenters. The molecule has 5 heteroatoms. The van der Waals surface area contributed by atoms with E-state index in [1.807, 2.05) is 0 Å². The van der Waals surface area contributed by atoms with Gasteiger partial charge in [0.05, 0.1) is 14.2 Å². The highest BCUT2D eigenvalue weighted by atomic mass is 31.1. The summed E-state index contributed by atoms with van der Waals surface area (Å²) in [5.41, 5.74) is -0.831. The summed E-state index contributed by atoms with van der Waals surface area (Å²) in [5.74, 6) is 0. The average Bonchev–Trinajstić information content (AvgIpc) is 1.84. The van der Waals surface area contributed by atoms with Crippen LogP contribution < -0.4 is 0 Å². The van der Waals surface area contributed by atoms with Crippen LogP contribution in [0.5, 0.6) is 0 Å². The van der Waals surface area contributed by atoms with E-state index in [4.69, 9.17) is 0 Å². The van der Waals surface area contributed by atoms with Crippen molar-refractivity contribution in [3.05, 3.63) is 0 Å². The third-order valence-corrected chi connectivity index (χ3v) is 1.30. The van der Waals surface area contributed by atoms with Crippen LogP contribution in [-0.2, 0) is 13.8 Å². The highest BCUT2D eigenvalue weighted by Crippen LogP contribution is 2.21. The Hall–Kier alpha value is -0.470. The first-order chi connectivity index (χ1) is 3.72. The Kier molecular flexibility index (Phi) is 3.31. The standard InChI is InChI=1S/C3H6O4P/c1-6-3(4)8(5)7-2/h1-2H3/q+1. The molecule has 0 aromatic heterocycles. The van der Waals surface area contributed by atoms with Gasteiger partial charge < -0.3 is 4.74 Å². The molecule has 0 bridgehead atoms. The second-order valence-electron chi connectivity index (χ2n) is 0.910. The van der Waals surface area contributed by atoms with Crippen molar-refractivity contribution in [2.75, 3.05) is 14.2 Å². The van der Waals surface area contributed by atoms with Crippen LogP contribution in [0.25, 0.3) is 0 Å². The molecule has 0 fully saturated rings. The summed E-state index contributed by atoms with van der Waals surface area (Å²) in [6.07, 6.45) is 0. The number of carbonyl (C=O) groups is 1. The first-order valence-corrected chi connectivity index (χ1v) is 2.99. The molecule has 0 aliphatic heterocycles. The van der Waals surface area contributed by atoms with E-state index in [1.165, 1.54) is 7.11 Å². The summed E-state index contributed by atoms with van der Waals surface area (Å²) in [5, 5.41) is 0. The summed E-state index contributed by atoms with van der Waals surface area (Å²) in [6.45, 7) is 0. The van der Waals surface area contributed by atoms with Gasteiger partial charge in [0.25, 0.3) is 0 Å². The van der Waals surface area contributed by atoms with Crippen molar-refractivity contribution in [1.29, 1.82) is 0 Å². The average molecular weight is 137 g/mol. The van der Waals surface area contributed by atoms with Crippen molar-refractivity contribution in [2.45, 2.75) is 0 Å². The molecular formula is C3H6O4P+. The Bertz CT molecular complexity index is 95.9. The van der Waals surface area contributed by atoms with E-state index in [9.17, 15) is 9.36 Å². The molecule has 46 valence electrons. The molecule has 1 unspecified atom stereocenters. The molecule has 8 heavy (non-hydrogen) atoms. The van der Waals surface area contributed by atoms with Gasteiger partial charge in [-0.15, -0.1) is 4.52 Å². The fourth-order valence-electron chi connectivity index (χ4n) is 0.149. The van der Waals surface area contributed by atoms with E-state index >= 15 is 0 Å². The normalized spacial score (nSPS) is 10.5. The van der Waals surface area contributed by atoms with E-state index in [0.717, 1.165) is 7.11 Å². The fourth-order valence-corrected chi connectivity index (χ4v) is 0.447. The van der Waals surface area contributed by atoms with E-state index in [2.05, 4.69) is 9.26 Å². The lowest BCUT2D eigenvalue weighted by Crippen LogP contribution is -1.90. The third-order valence-electron chi connectivity index (χ3n) is 0.490. The van der Waals surface area contributed by atoms with Gasteiger partial charge in [-0.2, -0.15) is 4.79 Å². The fraction of sp³-hybridized carbons (Fsp3) is 0.667. The third kappa shape index (κ3) is 2.00. The summed E-state index contributed by atoms with van der Waals surface area (Å²) in [4.78, 5) is 10.1. The van der Waals surface area contributed by atoms with Gasteiger partial charge in [-0.1, -0.05) is 0 Å². The SMILES string of the molecule is COC(=O)[P+](=O)OC. The van der Waals surface area contributed by atoms with Gasteiger partial charge >= 0.3 is 13.7 Å². The van der Waals surface area contributed by atoms with Gasteiger partial charge in [0.15, 0.2) is 0 Å². The Morgan fingerprint density at radius 1 is 1.50 bits per heavy atom. The topological polar surface area (TPSA) is 52.6 Å². The zero-order valence-corrected chi connectivity index (χ0v) is 5.47. The van der Waals surface area contributed by atoms with Crippen LogP contribution >= 0.6 is 8.03 Å². The number of hydrogen-bond donors (Lipinski definition) is 0. The molecule has 0 spiro atoms. The van der Waals surface area contributed by atoms with E-state index in [1.54, 1.807) is 0 Å². The lowest BCUT2D eigenvalue weighted by atomic mass is 11.5. The molecule has 0 rings (SSSR count). The van der Waals surface area contributed by atoms with Crippen LogP contribution in [0.4, 0.5) is 4.79 Å². The summed E-state index contributed by atoms with van der Waals surface area (Å²) >= 11 is 0. The zero-order valence-electron chi connectivity index (χ0n) is 4.58. The maximum Gasteiger partial charge on any atom is 0.635 e. The molecule has 0 aromatic rings. The highest BCUT2D eigenvalue weighted by molar-refractivity contribution is 7.58. The van der Waals surface area contributed by atoms with Crippen molar-refractivity contribution in [3.63, 3.8) is 0 Å². The van der Waals surface area contributed by atoms with Crippen LogP contribution in [0.15, 0.2) is 0 Å². The van der Waals surface area contributed by atoms with Gasteiger partial charge in [-0.3, -0.25) is 0 Å². The molecule has 0 radical (unpaired) electrons. The Morgan fingerprint density at radius 2 is 2.00 bits per heavy atom. The predicted octanol–water partition coefficient (Wildman–Crippen LogP) is 1.14. The van der Waals surface area contributed by atoms with Crippen molar-refractivity contribution in [3.8, 4) is 0 Å². The molecule has 4 nitrogen and oxygen atoms in total. The van der Waals surface area contributed by atoms with Gasteiger partial charge in [0.2, 0.25) is 0 Å². The number of carbonyl (C=O) groups excluding carboxylic acids is 1. The van der Waals surface area contributed by atoms with Crippen molar-refractivity contribution in [2.24, 2.45) is 0 Å². The van der Waals surface area contributed by atoms with Gasteiger partial charge in [-0.05, 0) is 4.57 Å². The maximum absolute atomic E-state index is 10.2. The second kappa shape index (κ2) is 3.52. The van der Waals surface area contributed by atoms with Crippen molar-refractivity contribution >= 4 is 13.7 Å². The van der Waals surface area contributed by atoms with Gasteiger partial charge in [0.1, 0.15) is 0 Å². The minimum Gasteiger partial charge on any atom is -0.429 e. The molecule has 0 saturated carbocycles. The smallest absolute Gasteiger partial charge is 0.429 e. The Morgan fingerprint density at radius 3 is 2.12 bits per heavy atom. The number of methoxy groups -OCH3 is 1. The van der Waals surface area contributed by atoms with E-state index in [-0.39, 0.29) is 0 Å². The maximum atomic E-state index is 10.2. The molecule has 0 aliphatic carbocycles. The molecule has 0 N–H and O–H groups in total. The first kappa shape index (κ1) is 7.53. The molecule has 0 aliphatic rings. The largest absolute Gasteiger partial charge is 0.635 e. The lowest BCUT2D eigenvalue weighted by Gasteiger charge is -1.78. The first-order valence-electron chi connectivity index (χ1n) is 1.81. The highest BCUT2D eigenvalue weighted by Gasteiger charge is 2.30. The second-order valence-corrected chi connectivity index (χ2v) is 2.15. The summed E-state index contributed by atoms with van der Waals surface area (Å²) in [7, 11) is 0.0728. The molecular weight excluding hydrogens is 131 g/mol. The lowest BCUT2D eigenvalue weighted by molar-refractivity contribution is 0.193. The number of rotatable bonds is 2. The van der Waals surface area contributed by atoms with Crippen LogP contribution in [-0.4, -0.2) is 19.9 Å². The number of hydrogen-bond acceptors (Lipinski definition) is 4. The molecule has 0 heterocycles. The quantitative estimate of drug-likeness (QED) is 0.535. The molecule has 0 amide bonds. The minimum absolute atomic E-state index is 0.831. The van der Waals surface area contributed by atoms with Crippen LogP contribution in [0.1, 0.15) is 0 Å². The van der Waals surface area contributed by atoms with E-state index < -0.39 is 13.7 Å². The van der Waals surface area contributed by atoms with Gasteiger partial charge in [-0.25, -0.2) is 0 Å². The molecule has 0 aromatic carbocycles. The molecule has 0 saturated heterocycles. The van der Waals surface area contributed by atoms with Gasteiger partial charge in [0, 0.05) is 0 Å². The Balaban J connectivity index is 3.64. The van der Waals surface area contributed by atoms with Crippen LogP contribution in [0.3, 0.4) is 0 Å². The van der Waals surface area contributed by atoms with Crippen molar-refractivity contribution < 1.29 is 18.6 Å². The monoisotopic (exact) mass is 137 g/mol. The van der Waals surface area contributed by atoms with E-state index in [0.29, 0.717) is 0 Å². The zero-order chi connectivity index (χ0) is 6.57.